The molecule has 1 atom stereocenters. The van der Waals surface area contributed by atoms with Gasteiger partial charge in [-0.1, -0.05) is 11.6 Å². The third-order valence-electron chi connectivity index (χ3n) is 2.41. The number of ether oxygens (including phenoxy) is 1. The molecule has 0 fully saturated rings. The number of rotatable bonds is 4. The minimum absolute atomic E-state index is 0.0474. The Morgan fingerprint density at radius 3 is 2.59 bits per heavy atom. The van der Waals surface area contributed by atoms with Crippen molar-refractivity contribution in [3.63, 3.8) is 0 Å². The Bertz CT molecular complexity index is 449. The maximum Gasteiger partial charge on any atom is 0.310 e. The summed E-state index contributed by atoms with van der Waals surface area (Å²) in [6, 6.07) is 1.12. The van der Waals surface area contributed by atoms with Crippen LogP contribution in [0.3, 0.4) is 0 Å². The molecule has 1 aromatic rings. The molecule has 0 saturated heterocycles. The third-order valence-corrected chi connectivity index (χ3v) is 2.74. The topological polar surface area (TPSA) is 46.5 Å². The van der Waals surface area contributed by atoms with Gasteiger partial charge in [-0.15, -0.1) is 0 Å². The van der Waals surface area contributed by atoms with E-state index in [2.05, 4.69) is 4.74 Å². The molecule has 0 aromatic heterocycles. The van der Waals surface area contributed by atoms with E-state index < -0.39 is 23.5 Å². The van der Waals surface area contributed by atoms with Crippen molar-refractivity contribution in [2.24, 2.45) is 0 Å². The lowest BCUT2D eigenvalue weighted by Gasteiger charge is -2.13. The number of benzene rings is 1. The van der Waals surface area contributed by atoms with Crippen LogP contribution in [0, 0.1) is 11.6 Å². The maximum atomic E-state index is 13.6. The first-order valence-corrected chi connectivity index (χ1v) is 5.16. The van der Waals surface area contributed by atoms with Crippen LogP contribution in [0.1, 0.15) is 24.0 Å². The van der Waals surface area contributed by atoms with Gasteiger partial charge in [0.25, 0.3) is 0 Å². The van der Waals surface area contributed by atoms with Gasteiger partial charge in [-0.2, -0.15) is 0 Å². The van der Waals surface area contributed by atoms with E-state index in [9.17, 15) is 13.6 Å². The van der Waals surface area contributed by atoms with Crippen LogP contribution in [-0.4, -0.2) is 18.2 Å². The van der Waals surface area contributed by atoms with Crippen LogP contribution in [0.4, 0.5) is 8.78 Å². The van der Waals surface area contributed by atoms with E-state index in [0.717, 1.165) is 6.07 Å². The lowest BCUT2D eigenvalue weighted by Crippen LogP contribution is -2.12. The highest BCUT2D eigenvalue weighted by atomic mass is 35.5. The highest BCUT2D eigenvalue weighted by Gasteiger charge is 2.24. The fraction of sp³-hybridized carbons (Fsp3) is 0.364. The lowest BCUT2D eigenvalue weighted by atomic mass is 9.99. The summed E-state index contributed by atoms with van der Waals surface area (Å²) in [5.41, 5.74) is -0.396. The number of hydrogen-bond acceptors (Lipinski definition) is 2. The second kappa shape index (κ2) is 5.42. The Balaban J connectivity index is 3.33. The average Bonchev–Trinajstić information content (AvgIpc) is 2.28. The van der Waals surface area contributed by atoms with Crippen molar-refractivity contribution in [3.05, 3.63) is 33.9 Å². The summed E-state index contributed by atoms with van der Waals surface area (Å²) < 4.78 is 31.9. The van der Waals surface area contributed by atoms with Crippen LogP contribution in [0.25, 0.3) is 0 Å². The standard InChI is InChI=1S/C11H11ClF2O3/c1-5(11(15)16)6-3-8(12)7(4-17-2)10(14)9(6)13/h3,5H,4H2,1-2H3,(H,15,16). The molecule has 1 unspecified atom stereocenters. The SMILES string of the molecule is COCc1c(Cl)cc(C(C)C(=O)O)c(F)c1F. The Labute approximate surface area is 102 Å². The summed E-state index contributed by atoms with van der Waals surface area (Å²) in [6.07, 6.45) is 0. The van der Waals surface area contributed by atoms with Crippen molar-refractivity contribution in [3.8, 4) is 0 Å². The van der Waals surface area contributed by atoms with Crippen molar-refractivity contribution >= 4 is 17.6 Å². The van der Waals surface area contributed by atoms with Crippen LogP contribution in [0.5, 0.6) is 0 Å². The maximum absolute atomic E-state index is 13.6. The van der Waals surface area contributed by atoms with Crippen molar-refractivity contribution in [1.82, 2.24) is 0 Å². The van der Waals surface area contributed by atoms with Crippen molar-refractivity contribution in [2.75, 3.05) is 7.11 Å². The summed E-state index contributed by atoms with van der Waals surface area (Å²) in [7, 11) is 1.32. The predicted molar refractivity (Wildman–Crippen MR) is 58.1 cm³/mol. The second-order valence-electron chi connectivity index (χ2n) is 3.55. The summed E-state index contributed by atoms with van der Waals surface area (Å²) >= 11 is 5.75. The molecular formula is C11H11ClF2O3. The highest BCUT2D eigenvalue weighted by Crippen LogP contribution is 2.29. The molecule has 0 amide bonds. The molecule has 0 saturated carbocycles. The lowest BCUT2D eigenvalue weighted by molar-refractivity contribution is -0.138. The number of aliphatic carboxylic acids is 1. The fourth-order valence-corrected chi connectivity index (χ4v) is 1.63. The van der Waals surface area contributed by atoms with Gasteiger partial charge < -0.3 is 9.84 Å². The number of carboxylic acids is 1. The number of hydrogen-bond donors (Lipinski definition) is 1. The van der Waals surface area contributed by atoms with Crippen LogP contribution < -0.4 is 0 Å². The molecule has 1 N–H and O–H groups in total. The van der Waals surface area contributed by atoms with E-state index in [4.69, 9.17) is 16.7 Å². The van der Waals surface area contributed by atoms with Gasteiger partial charge in [-0.05, 0) is 13.0 Å². The van der Waals surface area contributed by atoms with Gasteiger partial charge in [0.1, 0.15) is 0 Å². The molecule has 0 bridgehead atoms. The molecular weight excluding hydrogens is 254 g/mol. The molecule has 0 radical (unpaired) electrons. The van der Waals surface area contributed by atoms with Crippen molar-refractivity contribution < 1.29 is 23.4 Å². The Morgan fingerprint density at radius 1 is 1.53 bits per heavy atom. The molecule has 94 valence electrons. The fourth-order valence-electron chi connectivity index (χ4n) is 1.38. The van der Waals surface area contributed by atoms with E-state index in [-0.39, 0.29) is 22.8 Å². The molecule has 17 heavy (non-hydrogen) atoms. The molecule has 0 spiro atoms. The first-order valence-electron chi connectivity index (χ1n) is 4.78. The van der Waals surface area contributed by atoms with E-state index in [1.54, 1.807) is 0 Å². The number of carboxylic acid groups (broad SMARTS) is 1. The van der Waals surface area contributed by atoms with Gasteiger partial charge in [-0.3, -0.25) is 4.79 Å². The van der Waals surface area contributed by atoms with Crippen LogP contribution in [0.2, 0.25) is 5.02 Å². The van der Waals surface area contributed by atoms with E-state index in [0.29, 0.717) is 0 Å². The smallest absolute Gasteiger partial charge is 0.310 e. The van der Waals surface area contributed by atoms with E-state index in [1.807, 2.05) is 0 Å². The van der Waals surface area contributed by atoms with Gasteiger partial charge >= 0.3 is 5.97 Å². The predicted octanol–water partition coefficient (Wildman–Crippen LogP) is 2.95. The molecule has 6 heteroatoms. The van der Waals surface area contributed by atoms with Gasteiger partial charge in [0.2, 0.25) is 0 Å². The Hall–Kier alpha value is -1.20. The normalized spacial score (nSPS) is 12.5. The van der Waals surface area contributed by atoms with Crippen LogP contribution in [-0.2, 0) is 16.1 Å². The molecule has 1 rings (SSSR count). The summed E-state index contributed by atoms with van der Waals surface area (Å²) in [5.74, 6) is -4.78. The van der Waals surface area contributed by atoms with Gasteiger partial charge in [0.05, 0.1) is 12.5 Å². The zero-order chi connectivity index (χ0) is 13.2. The van der Waals surface area contributed by atoms with Crippen molar-refractivity contribution in [1.29, 1.82) is 0 Å². The molecule has 3 nitrogen and oxygen atoms in total. The Kier molecular flexibility index (Phi) is 4.42. The molecule has 0 aliphatic heterocycles. The molecule has 1 aromatic carbocycles. The largest absolute Gasteiger partial charge is 0.481 e. The van der Waals surface area contributed by atoms with Crippen LogP contribution >= 0.6 is 11.6 Å². The minimum Gasteiger partial charge on any atom is -0.481 e. The number of methoxy groups -OCH3 is 1. The van der Waals surface area contributed by atoms with Gasteiger partial charge in [-0.25, -0.2) is 8.78 Å². The molecule has 0 aliphatic carbocycles. The first kappa shape index (κ1) is 13.9. The van der Waals surface area contributed by atoms with Gasteiger partial charge in [0.15, 0.2) is 11.6 Å². The first-order chi connectivity index (χ1) is 7.90. The molecule has 0 heterocycles. The third kappa shape index (κ3) is 2.73. The minimum atomic E-state index is -1.25. The summed E-state index contributed by atoms with van der Waals surface area (Å²) in [4.78, 5) is 10.7. The van der Waals surface area contributed by atoms with Crippen molar-refractivity contribution in [2.45, 2.75) is 19.4 Å². The zero-order valence-electron chi connectivity index (χ0n) is 9.26. The summed E-state index contributed by atoms with van der Waals surface area (Å²) in [6.45, 7) is 1.08. The summed E-state index contributed by atoms with van der Waals surface area (Å²) in [5, 5.41) is 8.71. The van der Waals surface area contributed by atoms with Gasteiger partial charge in [0, 0.05) is 23.3 Å². The quantitative estimate of drug-likeness (QED) is 0.851. The second-order valence-corrected chi connectivity index (χ2v) is 3.95. The monoisotopic (exact) mass is 264 g/mol. The number of halogens is 3. The number of carbonyl (C=O) groups is 1. The highest BCUT2D eigenvalue weighted by molar-refractivity contribution is 6.31. The van der Waals surface area contributed by atoms with E-state index in [1.165, 1.54) is 14.0 Å². The Morgan fingerprint density at radius 2 is 2.12 bits per heavy atom. The molecule has 0 aliphatic rings. The average molecular weight is 265 g/mol. The zero-order valence-corrected chi connectivity index (χ0v) is 10.0. The van der Waals surface area contributed by atoms with E-state index >= 15 is 0 Å². The van der Waals surface area contributed by atoms with Crippen LogP contribution in [0.15, 0.2) is 6.07 Å².